The third-order valence-corrected chi connectivity index (χ3v) is 4.10. The number of aliphatic hydroxyl groups is 1. The van der Waals surface area contributed by atoms with Gasteiger partial charge in [0.2, 0.25) is 0 Å². The fraction of sp³-hybridized carbons (Fsp3) is 0.643. The normalized spacial score (nSPS) is 23.9. The molecule has 3 nitrogen and oxygen atoms in total. The molecule has 1 fully saturated rings. The second-order valence-electron chi connectivity index (χ2n) is 5.42. The molecule has 0 spiro atoms. The van der Waals surface area contributed by atoms with Gasteiger partial charge in [-0.2, -0.15) is 13.2 Å². The number of nitrogens with zero attached hydrogens (tertiary/aromatic N) is 2. The van der Waals surface area contributed by atoms with Crippen LogP contribution in [0.25, 0.3) is 0 Å². The SMILES string of the molecule is CCC1(CO)CCCN(c2cccc(C(F)(F)F)n2)C1. The zero-order valence-corrected chi connectivity index (χ0v) is 11.5. The van der Waals surface area contributed by atoms with Crippen LogP contribution in [0.15, 0.2) is 18.2 Å². The van der Waals surface area contributed by atoms with Crippen molar-refractivity contribution in [2.45, 2.75) is 32.4 Å². The van der Waals surface area contributed by atoms with Crippen molar-refractivity contribution in [3.63, 3.8) is 0 Å². The first-order valence-electron chi connectivity index (χ1n) is 6.80. The van der Waals surface area contributed by atoms with E-state index >= 15 is 0 Å². The first-order valence-corrected chi connectivity index (χ1v) is 6.80. The molecule has 0 bridgehead atoms. The highest BCUT2D eigenvalue weighted by atomic mass is 19.4. The largest absolute Gasteiger partial charge is 0.433 e. The molecule has 1 aliphatic heterocycles. The zero-order valence-electron chi connectivity index (χ0n) is 11.5. The Morgan fingerprint density at radius 2 is 2.15 bits per heavy atom. The zero-order chi connectivity index (χ0) is 14.8. The second-order valence-corrected chi connectivity index (χ2v) is 5.42. The quantitative estimate of drug-likeness (QED) is 0.928. The van der Waals surface area contributed by atoms with Crippen molar-refractivity contribution in [2.24, 2.45) is 5.41 Å². The van der Waals surface area contributed by atoms with E-state index < -0.39 is 11.9 Å². The summed E-state index contributed by atoms with van der Waals surface area (Å²) in [5.74, 6) is 0.339. The second kappa shape index (κ2) is 5.60. The van der Waals surface area contributed by atoms with Crippen LogP contribution in [0.5, 0.6) is 0 Å². The molecule has 1 unspecified atom stereocenters. The Bertz CT molecular complexity index is 458. The highest BCUT2D eigenvalue weighted by Gasteiger charge is 2.36. The lowest BCUT2D eigenvalue weighted by atomic mass is 9.78. The topological polar surface area (TPSA) is 36.4 Å². The summed E-state index contributed by atoms with van der Waals surface area (Å²) >= 11 is 0. The van der Waals surface area contributed by atoms with Crippen molar-refractivity contribution in [1.29, 1.82) is 0 Å². The van der Waals surface area contributed by atoms with Crippen molar-refractivity contribution in [2.75, 3.05) is 24.6 Å². The van der Waals surface area contributed by atoms with Gasteiger partial charge in [-0.1, -0.05) is 13.0 Å². The number of rotatable bonds is 3. The summed E-state index contributed by atoms with van der Waals surface area (Å²) in [6.07, 6.45) is -1.87. The Morgan fingerprint density at radius 1 is 1.40 bits per heavy atom. The maximum absolute atomic E-state index is 12.7. The summed E-state index contributed by atoms with van der Waals surface area (Å²) in [6.45, 7) is 3.28. The summed E-state index contributed by atoms with van der Waals surface area (Å²) in [5, 5.41) is 9.56. The van der Waals surface area contributed by atoms with Gasteiger partial charge in [-0.3, -0.25) is 0 Å². The number of alkyl halides is 3. The average molecular weight is 288 g/mol. The van der Waals surface area contributed by atoms with Crippen LogP contribution in [-0.4, -0.2) is 29.8 Å². The maximum atomic E-state index is 12.7. The molecule has 2 rings (SSSR count). The molecule has 1 aromatic rings. The fourth-order valence-electron chi connectivity index (χ4n) is 2.69. The van der Waals surface area contributed by atoms with Gasteiger partial charge >= 0.3 is 6.18 Å². The van der Waals surface area contributed by atoms with Gasteiger partial charge in [0.1, 0.15) is 11.5 Å². The summed E-state index contributed by atoms with van der Waals surface area (Å²) in [6, 6.07) is 3.96. The van der Waals surface area contributed by atoms with Crippen LogP contribution < -0.4 is 4.90 Å². The number of hydrogen-bond acceptors (Lipinski definition) is 3. The molecule has 0 saturated carbocycles. The van der Waals surface area contributed by atoms with Gasteiger partial charge in [-0.05, 0) is 31.4 Å². The van der Waals surface area contributed by atoms with Crippen molar-refractivity contribution in [1.82, 2.24) is 4.98 Å². The summed E-state index contributed by atoms with van der Waals surface area (Å²) < 4.78 is 38.1. The first-order chi connectivity index (χ1) is 9.40. The minimum absolute atomic E-state index is 0.0545. The van der Waals surface area contributed by atoms with Crippen molar-refractivity contribution < 1.29 is 18.3 Å². The van der Waals surface area contributed by atoms with Crippen LogP contribution in [0.1, 0.15) is 31.9 Å². The number of pyridine rings is 1. The van der Waals surface area contributed by atoms with E-state index in [2.05, 4.69) is 4.98 Å². The molecule has 6 heteroatoms. The van der Waals surface area contributed by atoms with Gasteiger partial charge in [0.05, 0.1) is 6.61 Å². The summed E-state index contributed by atoms with van der Waals surface area (Å²) in [4.78, 5) is 5.57. The number of aliphatic hydroxyl groups excluding tert-OH is 1. The average Bonchev–Trinajstić information content (AvgIpc) is 2.46. The van der Waals surface area contributed by atoms with Crippen LogP contribution in [0.2, 0.25) is 0 Å². The fourth-order valence-corrected chi connectivity index (χ4v) is 2.69. The molecule has 1 saturated heterocycles. The smallest absolute Gasteiger partial charge is 0.396 e. The molecule has 1 aromatic heterocycles. The number of anilines is 1. The van der Waals surface area contributed by atoms with Gasteiger partial charge in [0.25, 0.3) is 0 Å². The van der Waals surface area contributed by atoms with Crippen LogP contribution >= 0.6 is 0 Å². The van der Waals surface area contributed by atoms with Crippen molar-refractivity contribution in [3.05, 3.63) is 23.9 Å². The predicted octanol–water partition coefficient (Wildman–Crippen LogP) is 3.09. The van der Waals surface area contributed by atoms with Crippen molar-refractivity contribution >= 4 is 5.82 Å². The highest BCUT2D eigenvalue weighted by molar-refractivity contribution is 5.40. The lowest BCUT2D eigenvalue weighted by Crippen LogP contribution is -2.45. The monoisotopic (exact) mass is 288 g/mol. The van der Waals surface area contributed by atoms with Crippen LogP contribution in [0.3, 0.4) is 0 Å². The van der Waals surface area contributed by atoms with E-state index in [9.17, 15) is 18.3 Å². The molecule has 1 N–H and O–H groups in total. The van der Waals surface area contributed by atoms with Gasteiger partial charge in [-0.25, -0.2) is 4.98 Å². The number of aromatic nitrogens is 1. The number of piperidine rings is 1. The molecular formula is C14H19F3N2O. The predicted molar refractivity (Wildman–Crippen MR) is 70.5 cm³/mol. The minimum atomic E-state index is -4.43. The van der Waals surface area contributed by atoms with Gasteiger partial charge in [0.15, 0.2) is 0 Å². The summed E-state index contributed by atoms with van der Waals surface area (Å²) in [5.41, 5.74) is -1.10. The molecule has 112 valence electrons. The molecule has 1 atom stereocenters. The van der Waals surface area contributed by atoms with E-state index in [1.807, 2.05) is 11.8 Å². The molecule has 2 heterocycles. The number of halogens is 3. The van der Waals surface area contributed by atoms with E-state index in [1.165, 1.54) is 6.07 Å². The highest BCUT2D eigenvalue weighted by Crippen LogP contribution is 2.35. The Balaban J connectivity index is 2.23. The van der Waals surface area contributed by atoms with Crippen LogP contribution in [-0.2, 0) is 6.18 Å². The Morgan fingerprint density at radius 3 is 2.75 bits per heavy atom. The third kappa shape index (κ3) is 3.06. The van der Waals surface area contributed by atoms with E-state index in [1.54, 1.807) is 6.07 Å². The molecule has 0 aliphatic carbocycles. The summed E-state index contributed by atoms with van der Waals surface area (Å²) in [7, 11) is 0. The lowest BCUT2D eigenvalue weighted by molar-refractivity contribution is -0.141. The van der Waals surface area contributed by atoms with E-state index in [0.29, 0.717) is 18.9 Å². The van der Waals surface area contributed by atoms with Crippen molar-refractivity contribution in [3.8, 4) is 0 Å². The molecule has 0 aromatic carbocycles. The standard InChI is InChI=1S/C14H19F3N2O/c1-2-13(10-20)7-4-8-19(9-13)12-6-3-5-11(18-12)14(15,16)17/h3,5-6,20H,2,4,7-10H2,1H3. The Hall–Kier alpha value is -1.30. The van der Waals surface area contributed by atoms with Crippen LogP contribution in [0.4, 0.5) is 19.0 Å². The minimum Gasteiger partial charge on any atom is -0.396 e. The van der Waals surface area contributed by atoms with Crippen LogP contribution in [0, 0.1) is 5.41 Å². The van der Waals surface area contributed by atoms with Gasteiger partial charge in [0, 0.05) is 18.5 Å². The van der Waals surface area contributed by atoms with E-state index in [0.717, 1.165) is 25.3 Å². The molecular weight excluding hydrogens is 269 g/mol. The molecule has 1 aliphatic rings. The van der Waals surface area contributed by atoms with Gasteiger partial charge < -0.3 is 10.0 Å². The van der Waals surface area contributed by atoms with E-state index in [4.69, 9.17) is 0 Å². The number of hydrogen-bond donors (Lipinski definition) is 1. The van der Waals surface area contributed by atoms with E-state index in [-0.39, 0.29) is 12.0 Å². The Labute approximate surface area is 116 Å². The van der Waals surface area contributed by atoms with Gasteiger partial charge in [-0.15, -0.1) is 0 Å². The molecule has 0 radical (unpaired) electrons. The Kier molecular flexibility index (Phi) is 4.22. The molecule has 0 amide bonds. The maximum Gasteiger partial charge on any atom is 0.433 e. The lowest BCUT2D eigenvalue weighted by Gasteiger charge is -2.42. The third-order valence-electron chi connectivity index (χ3n) is 4.10. The first kappa shape index (κ1) is 15.1. The molecule has 20 heavy (non-hydrogen) atoms.